The highest BCUT2D eigenvalue weighted by molar-refractivity contribution is 7.92. The van der Waals surface area contributed by atoms with Crippen LogP contribution in [0.5, 0.6) is 0 Å². The summed E-state index contributed by atoms with van der Waals surface area (Å²) in [7, 11) is -4.03. The van der Waals surface area contributed by atoms with Crippen LogP contribution in [0.25, 0.3) is 0 Å². The third-order valence-electron chi connectivity index (χ3n) is 6.45. The third-order valence-corrected chi connectivity index (χ3v) is 8.46. The number of carbonyl (C=O) groups is 2. The van der Waals surface area contributed by atoms with Crippen LogP contribution in [0.1, 0.15) is 35.1 Å². The SMILES string of the molecule is Cc1ccc(S(=O)(=O)N(CC(=O)NCc2ccccc2CN2CCCC2=O)c2ccc(Cl)cc2C)cc1. The minimum absolute atomic E-state index is 0.0980. The standard InChI is InChI=1S/C28H30ClN3O4S/c1-20-9-12-25(13-10-20)37(35,36)32(26-14-11-24(29)16-21(26)2)19-27(33)30-17-22-6-3-4-7-23(22)18-31-15-5-8-28(31)34/h3-4,6-7,9-14,16H,5,8,15,17-19H2,1-2H3,(H,30,33). The van der Waals surface area contributed by atoms with Crippen molar-refractivity contribution in [2.24, 2.45) is 0 Å². The van der Waals surface area contributed by atoms with E-state index in [1.54, 1.807) is 37.3 Å². The number of carbonyl (C=O) groups excluding carboxylic acids is 2. The molecule has 4 rings (SSSR count). The number of nitrogens with one attached hydrogen (secondary N) is 1. The van der Waals surface area contributed by atoms with E-state index in [9.17, 15) is 18.0 Å². The number of nitrogens with zero attached hydrogens (tertiary/aromatic N) is 2. The van der Waals surface area contributed by atoms with Crippen molar-refractivity contribution in [1.82, 2.24) is 10.2 Å². The van der Waals surface area contributed by atoms with Crippen molar-refractivity contribution < 1.29 is 18.0 Å². The molecule has 1 aliphatic rings. The summed E-state index contributed by atoms with van der Waals surface area (Å²) in [6.45, 7) is 4.67. The minimum atomic E-state index is -4.03. The summed E-state index contributed by atoms with van der Waals surface area (Å²) in [4.78, 5) is 27.1. The molecule has 0 atom stereocenters. The number of rotatable bonds is 9. The van der Waals surface area contributed by atoms with E-state index in [1.807, 2.05) is 36.1 Å². The van der Waals surface area contributed by atoms with E-state index in [0.29, 0.717) is 29.2 Å². The van der Waals surface area contributed by atoms with Crippen LogP contribution in [0, 0.1) is 13.8 Å². The Bertz CT molecular complexity index is 1410. The number of hydrogen-bond donors (Lipinski definition) is 1. The zero-order valence-corrected chi connectivity index (χ0v) is 22.5. The van der Waals surface area contributed by atoms with E-state index in [1.165, 1.54) is 12.1 Å². The second-order valence-electron chi connectivity index (χ2n) is 9.22. The van der Waals surface area contributed by atoms with E-state index in [-0.39, 0.29) is 17.3 Å². The van der Waals surface area contributed by atoms with Crippen molar-refractivity contribution in [1.29, 1.82) is 0 Å². The van der Waals surface area contributed by atoms with Crippen molar-refractivity contribution in [3.05, 3.63) is 94.0 Å². The molecular formula is C28H30ClN3O4S. The van der Waals surface area contributed by atoms with E-state index in [0.717, 1.165) is 34.0 Å². The Morgan fingerprint density at radius 1 is 1.03 bits per heavy atom. The van der Waals surface area contributed by atoms with Gasteiger partial charge in [-0.25, -0.2) is 8.42 Å². The number of benzene rings is 3. The van der Waals surface area contributed by atoms with Gasteiger partial charge in [0.15, 0.2) is 0 Å². The molecule has 2 amide bonds. The highest BCUT2D eigenvalue weighted by atomic mass is 35.5. The summed E-state index contributed by atoms with van der Waals surface area (Å²) in [6, 6.07) is 19.0. The smallest absolute Gasteiger partial charge is 0.264 e. The molecule has 9 heteroatoms. The van der Waals surface area contributed by atoms with Crippen molar-refractivity contribution in [3.63, 3.8) is 0 Å². The van der Waals surface area contributed by atoms with E-state index >= 15 is 0 Å². The molecule has 0 unspecified atom stereocenters. The van der Waals surface area contributed by atoms with Crippen LogP contribution in [0.2, 0.25) is 5.02 Å². The second-order valence-corrected chi connectivity index (χ2v) is 11.5. The summed E-state index contributed by atoms with van der Waals surface area (Å²) in [6.07, 6.45) is 1.42. The zero-order valence-electron chi connectivity index (χ0n) is 20.9. The van der Waals surface area contributed by atoms with Gasteiger partial charge in [-0.3, -0.25) is 13.9 Å². The summed E-state index contributed by atoms with van der Waals surface area (Å²) in [5.74, 6) is -0.314. The quantitative estimate of drug-likeness (QED) is 0.431. The number of amides is 2. The third kappa shape index (κ3) is 6.32. The number of likely N-dealkylation sites (tertiary alicyclic amines) is 1. The van der Waals surface area contributed by atoms with E-state index in [4.69, 9.17) is 11.6 Å². The average molecular weight is 540 g/mol. The van der Waals surface area contributed by atoms with Crippen LogP contribution in [0.4, 0.5) is 5.69 Å². The number of anilines is 1. The van der Waals surface area contributed by atoms with Gasteiger partial charge >= 0.3 is 0 Å². The van der Waals surface area contributed by atoms with Crippen molar-refractivity contribution in [2.45, 2.75) is 44.7 Å². The maximum atomic E-state index is 13.6. The van der Waals surface area contributed by atoms with E-state index in [2.05, 4.69) is 5.32 Å². The molecule has 3 aromatic rings. The lowest BCUT2D eigenvalue weighted by atomic mass is 10.1. The topological polar surface area (TPSA) is 86.8 Å². The molecule has 0 radical (unpaired) electrons. The first kappa shape index (κ1) is 26.7. The van der Waals surface area contributed by atoms with Gasteiger partial charge in [0.25, 0.3) is 10.0 Å². The Labute approximate surface area is 223 Å². The molecule has 1 N–H and O–H groups in total. The Hall–Kier alpha value is -3.36. The van der Waals surface area contributed by atoms with Gasteiger partial charge in [-0.05, 0) is 67.3 Å². The predicted octanol–water partition coefficient (Wildman–Crippen LogP) is 4.59. The van der Waals surface area contributed by atoms with Crippen molar-refractivity contribution in [3.8, 4) is 0 Å². The lowest BCUT2D eigenvalue weighted by Crippen LogP contribution is -2.41. The maximum Gasteiger partial charge on any atom is 0.264 e. The average Bonchev–Trinajstić information content (AvgIpc) is 3.27. The summed E-state index contributed by atoms with van der Waals surface area (Å²) >= 11 is 6.11. The fraction of sp³-hybridized carbons (Fsp3) is 0.286. The molecule has 0 bridgehead atoms. The van der Waals surface area contributed by atoms with Gasteiger partial charge in [0.1, 0.15) is 6.54 Å². The van der Waals surface area contributed by atoms with Gasteiger partial charge in [0.2, 0.25) is 11.8 Å². The number of sulfonamides is 1. The Kier molecular flexibility index (Phi) is 8.19. The molecule has 0 spiro atoms. The lowest BCUT2D eigenvalue weighted by Gasteiger charge is -2.26. The monoisotopic (exact) mass is 539 g/mol. The Morgan fingerprint density at radius 2 is 1.73 bits per heavy atom. The molecule has 7 nitrogen and oxygen atoms in total. The largest absolute Gasteiger partial charge is 0.350 e. The number of hydrogen-bond acceptors (Lipinski definition) is 4. The molecule has 1 aliphatic heterocycles. The number of aryl methyl sites for hydroxylation is 2. The fourth-order valence-corrected chi connectivity index (χ4v) is 6.09. The molecule has 1 fully saturated rings. The molecule has 3 aromatic carbocycles. The zero-order chi connectivity index (χ0) is 26.6. The molecule has 0 aromatic heterocycles. The first-order chi connectivity index (χ1) is 17.6. The summed E-state index contributed by atoms with van der Waals surface area (Å²) < 4.78 is 28.4. The van der Waals surface area contributed by atoms with Crippen LogP contribution in [-0.4, -0.2) is 38.2 Å². The van der Waals surface area contributed by atoms with Gasteiger partial charge in [-0.2, -0.15) is 0 Å². The first-order valence-corrected chi connectivity index (χ1v) is 13.9. The summed E-state index contributed by atoms with van der Waals surface area (Å²) in [5.41, 5.74) is 3.78. The molecule has 1 heterocycles. The van der Waals surface area contributed by atoms with Crippen LogP contribution >= 0.6 is 11.6 Å². The Balaban J connectivity index is 1.55. The van der Waals surface area contributed by atoms with E-state index < -0.39 is 22.5 Å². The van der Waals surface area contributed by atoms with Crippen LogP contribution in [-0.2, 0) is 32.7 Å². The predicted molar refractivity (Wildman–Crippen MR) is 145 cm³/mol. The normalized spacial score (nSPS) is 13.6. The maximum absolute atomic E-state index is 13.6. The van der Waals surface area contributed by atoms with Gasteiger partial charge in [0.05, 0.1) is 10.6 Å². The number of halogens is 1. The van der Waals surface area contributed by atoms with Gasteiger partial charge in [-0.1, -0.05) is 53.6 Å². The van der Waals surface area contributed by atoms with Crippen LogP contribution in [0.15, 0.2) is 71.6 Å². The first-order valence-electron chi connectivity index (χ1n) is 12.1. The molecular weight excluding hydrogens is 510 g/mol. The van der Waals surface area contributed by atoms with Gasteiger partial charge in [0, 0.05) is 31.1 Å². The fourth-order valence-electron chi connectivity index (χ4n) is 4.38. The highest BCUT2D eigenvalue weighted by Gasteiger charge is 2.28. The van der Waals surface area contributed by atoms with Crippen molar-refractivity contribution >= 4 is 39.1 Å². The van der Waals surface area contributed by atoms with Crippen LogP contribution < -0.4 is 9.62 Å². The molecule has 0 saturated carbocycles. The second kappa shape index (κ2) is 11.4. The summed E-state index contributed by atoms with van der Waals surface area (Å²) in [5, 5.41) is 3.34. The van der Waals surface area contributed by atoms with Gasteiger partial charge < -0.3 is 10.2 Å². The highest BCUT2D eigenvalue weighted by Crippen LogP contribution is 2.29. The van der Waals surface area contributed by atoms with Crippen LogP contribution in [0.3, 0.4) is 0 Å². The van der Waals surface area contributed by atoms with Gasteiger partial charge in [-0.15, -0.1) is 0 Å². The lowest BCUT2D eigenvalue weighted by molar-refractivity contribution is -0.128. The molecule has 1 saturated heterocycles. The minimum Gasteiger partial charge on any atom is -0.350 e. The Morgan fingerprint density at radius 3 is 2.38 bits per heavy atom. The molecule has 194 valence electrons. The molecule has 37 heavy (non-hydrogen) atoms. The molecule has 0 aliphatic carbocycles. The van der Waals surface area contributed by atoms with Crippen molar-refractivity contribution in [2.75, 3.05) is 17.4 Å².